The van der Waals surface area contributed by atoms with E-state index in [9.17, 15) is 4.39 Å². The number of hydrogen-bond donors (Lipinski definition) is 1. The van der Waals surface area contributed by atoms with Gasteiger partial charge in [0.15, 0.2) is 11.6 Å². The van der Waals surface area contributed by atoms with Crippen LogP contribution in [0.1, 0.15) is 36.8 Å². The first-order valence-electron chi connectivity index (χ1n) is 7.01. The van der Waals surface area contributed by atoms with Crippen LogP contribution < -0.4 is 5.32 Å². The van der Waals surface area contributed by atoms with Crippen LogP contribution in [-0.4, -0.2) is 16.5 Å². The zero-order valence-corrected chi connectivity index (χ0v) is 11.8. The van der Waals surface area contributed by atoms with Crippen LogP contribution in [0.3, 0.4) is 0 Å². The summed E-state index contributed by atoms with van der Waals surface area (Å²) in [5.41, 5.74) is 1.51. The van der Waals surface area contributed by atoms with Crippen molar-refractivity contribution in [2.75, 3.05) is 11.9 Å². The summed E-state index contributed by atoms with van der Waals surface area (Å²) in [6.45, 7) is 4.27. The average Bonchev–Trinajstić information content (AvgIpc) is 3.26. The molecule has 1 heterocycles. The molecule has 1 N–H and O–H groups in total. The summed E-state index contributed by atoms with van der Waals surface area (Å²) < 4.78 is 14.0. The van der Waals surface area contributed by atoms with Gasteiger partial charge >= 0.3 is 0 Å². The van der Waals surface area contributed by atoms with Crippen LogP contribution in [-0.2, 0) is 5.41 Å². The van der Waals surface area contributed by atoms with Crippen LogP contribution in [0.4, 0.5) is 10.2 Å². The quantitative estimate of drug-likeness (QED) is 0.925. The van der Waals surface area contributed by atoms with Gasteiger partial charge in [0.2, 0.25) is 0 Å². The van der Waals surface area contributed by atoms with Crippen molar-refractivity contribution in [2.45, 2.75) is 32.1 Å². The largest absolute Gasteiger partial charge is 0.368 e. The maximum absolute atomic E-state index is 14.0. The van der Waals surface area contributed by atoms with Crippen molar-refractivity contribution in [1.29, 1.82) is 0 Å². The van der Waals surface area contributed by atoms with Crippen LogP contribution in [0.25, 0.3) is 0 Å². The van der Waals surface area contributed by atoms with Crippen LogP contribution in [0.15, 0.2) is 30.3 Å². The molecule has 2 aromatic rings. The highest BCUT2D eigenvalue weighted by Crippen LogP contribution is 2.52. The Kier molecular flexibility index (Phi) is 3.16. The van der Waals surface area contributed by atoms with Crippen LogP contribution in [0, 0.1) is 12.7 Å². The van der Waals surface area contributed by atoms with E-state index in [2.05, 4.69) is 27.4 Å². The van der Waals surface area contributed by atoms with Gasteiger partial charge in [-0.3, -0.25) is 0 Å². The summed E-state index contributed by atoms with van der Waals surface area (Å²) in [5, 5.41) is 2.98. The zero-order valence-electron chi connectivity index (χ0n) is 11.8. The molecule has 0 amide bonds. The maximum atomic E-state index is 14.0. The number of nitrogens with zero attached hydrogens (tertiary/aromatic N) is 2. The third kappa shape index (κ3) is 2.05. The number of halogens is 1. The van der Waals surface area contributed by atoms with Crippen molar-refractivity contribution in [3.05, 3.63) is 53.2 Å². The van der Waals surface area contributed by atoms with E-state index in [4.69, 9.17) is 0 Å². The number of nitrogens with one attached hydrogen (secondary N) is 1. The van der Waals surface area contributed by atoms with Crippen molar-refractivity contribution < 1.29 is 4.39 Å². The molecule has 0 saturated heterocycles. The molecule has 104 valence electrons. The van der Waals surface area contributed by atoms with E-state index in [1.165, 1.54) is 5.56 Å². The first-order valence-corrected chi connectivity index (χ1v) is 7.01. The highest BCUT2D eigenvalue weighted by Gasteiger charge is 2.49. The van der Waals surface area contributed by atoms with Crippen molar-refractivity contribution in [3.63, 3.8) is 0 Å². The smallest absolute Gasteiger partial charge is 0.186 e. The van der Waals surface area contributed by atoms with E-state index >= 15 is 0 Å². The molecule has 1 aromatic heterocycles. The summed E-state index contributed by atoms with van der Waals surface area (Å²) >= 11 is 0. The van der Waals surface area contributed by atoms with Gasteiger partial charge in [-0.05, 0) is 32.3 Å². The van der Waals surface area contributed by atoms with Gasteiger partial charge in [-0.25, -0.2) is 14.4 Å². The molecule has 3 rings (SSSR count). The molecule has 1 aliphatic rings. The van der Waals surface area contributed by atoms with Gasteiger partial charge in [-0.1, -0.05) is 30.3 Å². The molecule has 0 radical (unpaired) electrons. The minimum Gasteiger partial charge on any atom is -0.368 e. The molecule has 1 aromatic carbocycles. The maximum Gasteiger partial charge on any atom is 0.186 e. The van der Waals surface area contributed by atoms with Gasteiger partial charge < -0.3 is 5.32 Å². The Balaban J connectivity index is 2.07. The summed E-state index contributed by atoms with van der Waals surface area (Å²) in [6.07, 6.45) is 2.04. The molecule has 0 aliphatic heterocycles. The fourth-order valence-corrected chi connectivity index (χ4v) is 2.58. The normalized spacial score (nSPS) is 15.9. The second kappa shape index (κ2) is 4.85. The van der Waals surface area contributed by atoms with Gasteiger partial charge in [0.05, 0.1) is 11.1 Å². The fraction of sp³-hybridized carbons (Fsp3) is 0.375. The monoisotopic (exact) mass is 271 g/mol. The third-order valence-corrected chi connectivity index (χ3v) is 3.87. The van der Waals surface area contributed by atoms with Crippen molar-refractivity contribution >= 4 is 5.82 Å². The van der Waals surface area contributed by atoms with Crippen molar-refractivity contribution in [3.8, 4) is 0 Å². The van der Waals surface area contributed by atoms with Gasteiger partial charge in [-0.15, -0.1) is 0 Å². The Morgan fingerprint density at radius 3 is 2.50 bits per heavy atom. The lowest BCUT2D eigenvalue weighted by molar-refractivity contribution is 0.593. The summed E-state index contributed by atoms with van der Waals surface area (Å²) in [5.74, 6) is 0.704. The number of benzene rings is 1. The van der Waals surface area contributed by atoms with E-state index in [1.807, 2.05) is 25.1 Å². The number of aryl methyl sites for hydroxylation is 1. The first-order chi connectivity index (χ1) is 9.67. The predicted octanol–water partition coefficient (Wildman–Crippen LogP) is 3.44. The number of aromatic nitrogens is 2. The zero-order chi connectivity index (χ0) is 14.2. The summed E-state index contributed by atoms with van der Waals surface area (Å²) in [4.78, 5) is 8.84. The second-order valence-corrected chi connectivity index (χ2v) is 5.27. The highest BCUT2D eigenvalue weighted by molar-refractivity contribution is 5.44. The van der Waals surface area contributed by atoms with Crippen LogP contribution in [0.2, 0.25) is 0 Å². The summed E-state index contributed by atoms with van der Waals surface area (Å²) in [6, 6.07) is 10.2. The Bertz CT molecular complexity index is 621. The molecular formula is C16H18FN3. The van der Waals surface area contributed by atoms with Crippen LogP contribution in [0.5, 0.6) is 0 Å². The van der Waals surface area contributed by atoms with Gasteiger partial charge in [0.1, 0.15) is 5.82 Å². The van der Waals surface area contributed by atoms with Crippen molar-refractivity contribution in [2.24, 2.45) is 0 Å². The van der Waals surface area contributed by atoms with Crippen molar-refractivity contribution in [1.82, 2.24) is 9.97 Å². The number of anilines is 1. The van der Waals surface area contributed by atoms with Crippen LogP contribution >= 0.6 is 0 Å². The molecule has 0 spiro atoms. The first kappa shape index (κ1) is 13.0. The molecule has 1 saturated carbocycles. The van der Waals surface area contributed by atoms with Gasteiger partial charge in [0, 0.05) is 6.54 Å². The number of hydrogen-bond acceptors (Lipinski definition) is 3. The molecule has 20 heavy (non-hydrogen) atoms. The molecule has 0 atom stereocenters. The molecule has 1 aliphatic carbocycles. The van der Waals surface area contributed by atoms with Gasteiger partial charge in [0.25, 0.3) is 0 Å². The second-order valence-electron chi connectivity index (χ2n) is 5.27. The van der Waals surface area contributed by atoms with E-state index in [1.54, 1.807) is 6.92 Å². The average molecular weight is 271 g/mol. The summed E-state index contributed by atoms with van der Waals surface area (Å²) in [7, 11) is 0. The Morgan fingerprint density at radius 2 is 1.90 bits per heavy atom. The molecule has 1 fully saturated rings. The standard InChI is InChI=1S/C16H18FN3/c1-3-18-14-13(17)11(2)19-15(20-14)16(9-10-16)12-7-5-4-6-8-12/h4-8H,3,9-10H2,1-2H3,(H,18,19,20). The van der Waals surface area contributed by atoms with Gasteiger partial charge in [-0.2, -0.15) is 0 Å². The minimum atomic E-state index is -0.348. The lowest BCUT2D eigenvalue weighted by Crippen LogP contribution is -2.17. The minimum absolute atomic E-state index is 0.121. The molecular weight excluding hydrogens is 253 g/mol. The third-order valence-electron chi connectivity index (χ3n) is 3.87. The highest BCUT2D eigenvalue weighted by atomic mass is 19.1. The van der Waals surface area contributed by atoms with E-state index in [0.29, 0.717) is 18.1 Å². The molecule has 3 nitrogen and oxygen atoms in total. The lowest BCUT2D eigenvalue weighted by Gasteiger charge is -2.17. The Hall–Kier alpha value is -1.97. The number of rotatable bonds is 4. The fourth-order valence-electron chi connectivity index (χ4n) is 2.58. The SMILES string of the molecule is CCNc1nc(C2(c3ccccc3)CC2)nc(C)c1F. The molecule has 0 bridgehead atoms. The van der Waals surface area contributed by atoms with E-state index in [-0.39, 0.29) is 11.2 Å². The Labute approximate surface area is 118 Å². The Morgan fingerprint density at radius 1 is 1.20 bits per heavy atom. The molecule has 0 unspecified atom stereocenters. The predicted molar refractivity (Wildman–Crippen MR) is 77.3 cm³/mol. The lowest BCUT2D eigenvalue weighted by atomic mass is 9.95. The van der Waals surface area contributed by atoms with E-state index in [0.717, 1.165) is 18.7 Å². The topological polar surface area (TPSA) is 37.8 Å². The van der Waals surface area contributed by atoms with E-state index < -0.39 is 0 Å². The molecule has 4 heteroatoms.